The molecule has 0 saturated carbocycles. The third-order valence-corrected chi connectivity index (χ3v) is 3.58. The highest BCUT2D eigenvalue weighted by Gasteiger charge is 2.32. The molecule has 0 aliphatic carbocycles. The maximum Gasteiger partial charge on any atom is 0.0841 e. The van der Waals surface area contributed by atoms with E-state index in [2.05, 4.69) is 35.5 Å². The Labute approximate surface area is 107 Å². The van der Waals surface area contributed by atoms with Gasteiger partial charge in [-0.1, -0.05) is 25.1 Å². The molecule has 1 aliphatic heterocycles. The minimum Gasteiger partial charge on any atom is -0.380 e. The van der Waals surface area contributed by atoms with Gasteiger partial charge in [0, 0.05) is 30.9 Å². The Hall–Kier alpha value is -1.39. The van der Waals surface area contributed by atoms with E-state index in [0.717, 1.165) is 32.0 Å². The van der Waals surface area contributed by atoms with Gasteiger partial charge in [-0.25, -0.2) is 0 Å². The van der Waals surface area contributed by atoms with Crippen LogP contribution in [0.4, 0.5) is 0 Å². The Balaban J connectivity index is 1.71. The Morgan fingerprint density at radius 3 is 2.89 bits per heavy atom. The zero-order chi connectivity index (χ0) is 12.6. The van der Waals surface area contributed by atoms with Crippen molar-refractivity contribution in [3.8, 4) is 0 Å². The molecule has 96 valence electrons. The Kier molecular flexibility index (Phi) is 2.84. The lowest BCUT2D eigenvalue weighted by molar-refractivity contribution is -0.0991. The standard InChI is InChI=1S/C14H19N3O/c1-14(9-18-10-14)8-15-7-12-11-5-3-4-6-13(11)17(2)16-12/h3-6,15H,7-10H2,1-2H3. The van der Waals surface area contributed by atoms with Gasteiger partial charge in [-0.2, -0.15) is 5.10 Å². The number of rotatable bonds is 4. The molecule has 0 radical (unpaired) electrons. The van der Waals surface area contributed by atoms with Crippen LogP contribution in [0.3, 0.4) is 0 Å². The summed E-state index contributed by atoms with van der Waals surface area (Å²) in [6.07, 6.45) is 0. The monoisotopic (exact) mass is 245 g/mol. The smallest absolute Gasteiger partial charge is 0.0841 e. The van der Waals surface area contributed by atoms with Crippen LogP contribution in [-0.2, 0) is 18.3 Å². The molecule has 18 heavy (non-hydrogen) atoms. The van der Waals surface area contributed by atoms with E-state index in [0.29, 0.717) is 5.41 Å². The van der Waals surface area contributed by atoms with Crippen LogP contribution >= 0.6 is 0 Å². The van der Waals surface area contributed by atoms with Crippen LogP contribution in [0, 0.1) is 5.41 Å². The van der Waals surface area contributed by atoms with Crippen LogP contribution in [0.2, 0.25) is 0 Å². The van der Waals surface area contributed by atoms with Gasteiger partial charge >= 0.3 is 0 Å². The highest BCUT2D eigenvalue weighted by atomic mass is 16.5. The molecule has 0 amide bonds. The van der Waals surface area contributed by atoms with Gasteiger partial charge in [-0.15, -0.1) is 0 Å². The third-order valence-electron chi connectivity index (χ3n) is 3.58. The van der Waals surface area contributed by atoms with E-state index in [1.807, 2.05) is 17.8 Å². The van der Waals surface area contributed by atoms with E-state index in [-0.39, 0.29) is 0 Å². The van der Waals surface area contributed by atoms with Crippen molar-refractivity contribution in [1.82, 2.24) is 15.1 Å². The quantitative estimate of drug-likeness (QED) is 0.891. The van der Waals surface area contributed by atoms with Crippen molar-refractivity contribution < 1.29 is 4.74 Å². The molecular weight excluding hydrogens is 226 g/mol. The number of ether oxygens (including phenoxy) is 1. The summed E-state index contributed by atoms with van der Waals surface area (Å²) in [6.45, 7) is 5.78. The Bertz CT molecular complexity index is 557. The van der Waals surface area contributed by atoms with Crippen molar-refractivity contribution in [3.05, 3.63) is 30.0 Å². The van der Waals surface area contributed by atoms with E-state index in [1.54, 1.807) is 0 Å². The zero-order valence-electron chi connectivity index (χ0n) is 10.9. The molecule has 1 aliphatic rings. The SMILES string of the molecule is Cn1nc(CNCC2(C)COC2)c2ccccc21. The Morgan fingerprint density at radius 2 is 2.17 bits per heavy atom. The number of hydrogen-bond acceptors (Lipinski definition) is 3. The largest absolute Gasteiger partial charge is 0.380 e. The van der Waals surface area contributed by atoms with Crippen LogP contribution in [0.5, 0.6) is 0 Å². The molecule has 1 saturated heterocycles. The highest BCUT2D eigenvalue weighted by molar-refractivity contribution is 5.81. The van der Waals surface area contributed by atoms with E-state index in [4.69, 9.17) is 4.74 Å². The lowest BCUT2D eigenvalue weighted by Crippen LogP contribution is -2.47. The second-order valence-electron chi connectivity index (χ2n) is 5.49. The van der Waals surface area contributed by atoms with Crippen molar-refractivity contribution in [2.45, 2.75) is 13.5 Å². The van der Waals surface area contributed by atoms with Gasteiger partial charge < -0.3 is 10.1 Å². The topological polar surface area (TPSA) is 39.1 Å². The summed E-state index contributed by atoms with van der Waals surface area (Å²) in [5.74, 6) is 0. The van der Waals surface area contributed by atoms with Crippen LogP contribution in [0.25, 0.3) is 10.9 Å². The summed E-state index contributed by atoms with van der Waals surface area (Å²) in [5, 5.41) is 9.31. The van der Waals surface area contributed by atoms with Crippen LogP contribution in [0.1, 0.15) is 12.6 Å². The molecule has 1 N–H and O–H groups in total. The molecule has 0 unspecified atom stereocenters. The number of hydrogen-bond donors (Lipinski definition) is 1. The number of aryl methyl sites for hydroxylation is 1. The maximum atomic E-state index is 5.26. The first kappa shape index (κ1) is 11.7. The number of nitrogens with one attached hydrogen (secondary N) is 1. The van der Waals surface area contributed by atoms with Gasteiger partial charge in [0.15, 0.2) is 0 Å². The van der Waals surface area contributed by atoms with Crippen molar-refractivity contribution in [3.63, 3.8) is 0 Å². The van der Waals surface area contributed by atoms with Crippen LogP contribution < -0.4 is 5.32 Å². The minimum atomic E-state index is 0.310. The van der Waals surface area contributed by atoms with Gasteiger partial charge in [0.25, 0.3) is 0 Å². The van der Waals surface area contributed by atoms with Crippen molar-refractivity contribution in [2.75, 3.05) is 19.8 Å². The number of para-hydroxylation sites is 1. The number of benzene rings is 1. The maximum absolute atomic E-state index is 5.26. The minimum absolute atomic E-state index is 0.310. The predicted molar refractivity (Wildman–Crippen MR) is 71.3 cm³/mol. The fourth-order valence-corrected chi connectivity index (χ4v) is 2.45. The fourth-order valence-electron chi connectivity index (χ4n) is 2.45. The average Bonchev–Trinajstić information content (AvgIpc) is 2.65. The number of nitrogens with zero attached hydrogens (tertiary/aromatic N) is 2. The molecule has 3 rings (SSSR count). The Morgan fingerprint density at radius 1 is 1.39 bits per heavy atom. The highest BCUT2D eigenvalue weighted by Crippen LogP contribution is 2.25. The zero-order valence-corrected chi connectivity index (χ0v) is 10.9. The first-order chi connectivity index (χ1) is 8.68. The predicted octanol–water partition coefficient (Wildman–Crippen LogP) is 1.70. The normalized spacial score (nSPS) is 17.9. The molecule has 1 aromatic carbocycles. The first-order valence-corrected chi connectivity index (χ1v) is 6.37. The lowest BCUT2D eigenvalue weighted by atomic mass is 9.89. The average molecular weight is 245 g/mol. The molecular formula is C14H19N3O. The lowest BCUT2D eigenvalue weighted by Gasteiger charge is -2.38. The molecule has 4 heteroatoms. The molecule has 2 heterocycles. The van der Waals surface area contributed by atoms with Crippen molar-refractivity contribution in [2.24, 2.45) is 12.5 Å². The van der Waals surface area contributed by atoms with Crippen molar-refractivity contribution >= 4 is 10.9 Å². The van der Waals surface area contributed by atoms with Crippen LogP contribution in [0.15, 0.2) is 24.3 Å². The number of fused-ring (bicyclic) bond motifs is 1. The van der Waals surface area contributed by atoms with Gasteiger partial charge in [0.05, 0.1) is 24.4 Å². The summed E-state index contributed by atoms with van der Waals surface area (Å²) in [5.41, 5.74) is 2.62. The van der Waals surface area contributed by atoms with E-state index in [1.165, 1.54) is 10.9 Å². The van der Waals surface area contributed by atoms with Gasteiger partial charge in [0.1, 0.15) is 0 Å². The van der Waals surface area contributed by atoms with Crippen molar-refractivity contribution in [1.29, 1.82) is 0 Å². The molecule has 0 spiro atoms. The van der Waals surface area contributed by atoms with E-state index < -0.39 is 0 Å². The second-order valence-corrected chi connectivity index (χ2v) is 5.49. The summed E-state index contributed by atoms with van der Waals surface area (Å²) < 4.78 is 7.20. The third kappa shape index (κ3) is 2.02. The molecule has 2 aromatic rings. The molecule has 0 atom stereocenters. The van der Waals surface area contributed by atoms with Crippen LogP contribution in [-0.4, -0.2) is 29.5 Å². The summed E-state index contributed by atoms with van der Waals surface area (Å²) in [4.78, 5) is 0. The van der Waals surface area contributed by atoms with Gasteiger partial charge in [-0.3, -0.25) is 4.68 Å². The molecule has 1 aromatic heterocycles. The molecule has 1 fully saturated rings. The van der Waals surface area contributed by atoms with Gasteiger partial charge in [-0.05, 0) is 6.07 Å². The summed E-state index contributed by atoms with van der Waals surface area (Å²) in [6, 6.07) is 8.35. The van der Waals surface area contributed by atoms with Gasteiger partial charge in [0.2, 0.25) is 0 Å². The van der Waals surface area contributed by atoms with E-state index >= 15 is 0 Å². The molecule has 0 bridgehead atoms. The first-order valence-electron chi connectivity index (χ1n) is 6.37. The molecule has 4 nitrogen and oxygen atoms in total. The fraction of sp³-hybridized carbons (Fsp3) is 0.500. The summed E-state index contributed by atoms with van der Waals surface area (Å²) in [7, 11) is 1.99. The van der Waals surface area contributed by atoms with E-state index in [9.17, 15) is 0 Å². The number of aromatic nitrogens is 2. The second kappa shape index (κ2) is 4.37. The summed E-state index contributed by atoms with van der Waals surface area (Å²) >= 11 is 0.